The number of carboxylic acid groups (broad SMARTS) is 1. The monoisotopic (exact) mass is 346 g/mol. The van der Waals surface area contributed by atoms with Crippen LogP contribution in [0.5, 0.6) is 0 Å². The van der Waals surface area contributed by atoms with E-state index in [0.29, 0.717) is 12.8 Å². The van der Waals surface area contributed by atoms with Crippen molar-refractivity contribution < 1.29 is 23.1 Å². The molecule has 1 unspecified atom stereocenters. The first-order chi connectivity index (χ1) is 10.7. The van der Waals surface area contributed by atoms with E-state index in [1.54, 1.807) is 7.05 Å². The highest BCUT2D eigenvalue weighted by atomic mass is 32.2. The summed E-state index contributed by atoms with van der Waals surface area (Å²) >= 11 is 0. The summed E-state index contributed by atoms with van der Waals surface area (Å²) in [7, 11) is -2.33. The van der Waals surface area contributed by atoms with Crippen LogP contribution in [0.25, 0.3) is 0 Å². The van der Waals surface area contributed by atoms with Gasteiger partial charge < -0.3 is 10.4 Å². The molecule has 10 heteroatoms. The van der Waals surface area contributed by atoms with Crippen LogP contribution in [0.1, 0.15) is 33.1 Å². The Balaban J connectivity index is 2.70. The lowest BCUT2D eigenvalue weighted by Gasteiger charge is -2.18. The highest BCUT2D eigenvalue weighted by Crippen LogP contribution is 2.07. The molecule has 130 valence electrons. The number of carbonyl (C=O) groups is 2. The zero-order valence-corrected chi connectivity index (χ0v) is 14.1. The third-order valence-corrected chi connectivity index (χ3v) is 4.67. The molecule has 0 aromatic carbocycles. The molecule has 0 aliphatic carbocycles. The van der Waals surface area contributed by atoms with E-state index in [2.05, 4.69) is 15.1 Å². The molecule has 1 amide bonds. The van der Waals surface area contributed by atoms with E-state index in [1.807, 2.05) is 6.92 Å². The first kappa shape index (κ1) is 19.1. The summed E-state index contributed by atoms with van der Waals surface area (Å²) < 4.78 is 27.7. The Bertz CT molecular complexity index is 655. The molecular weight excluding hydrogens is 324 g/mol. The summed E-state index contributed by atoms with van der Waals surface area (Å²) in [6.07, 6.45) is 4.19. The highest BCUT2D eigenvalue weighted by Gasteiger charge is 2.26. The van der Waals surface area contributed by atoms with Crippen molar-refractivity contribution in [2.75, 3.05) is 0 Å². The Morgan fingerprint density at radius 3 is 2.57 bits per heavy atom. The van der Waals surface area contributed by atoms with Gasteiger partial charge in [0.15, 0.2) is 0 Å². The van der Waals surface area contributed by atoms with Crippen molar-refractivity contribution in [3.63, 3.8) is 0 Å². The Hall–Kier alpha value is -1.94. The summed E-state index contributed by atoms with van der Waals surface area (Å²) in [6.45, 7) is 3.26. The summed E-state index contributed by atoms with van der Waals surface area (Å²) in [5.41, 5.74) is 0. The molecule has 1 heterocycles. The first-order valence-electron chi connectivity index (χ1n) is 7.21. The van der Waals surface area contributed by atoms with E-state index in [1.165, 1.54) is 17.8 Å². The number of aryl methyl sites for hydroxylation is 1. The molecule has 0 radical (unpaired) electrons. The Morgan fingerprint density at radius 2 is 2.09 bits per heavy atom. The van der Waals surface area contributed by atoms with Gasteiger partial charge in [-0.25, -0.2) is 13.2 Å². The number of carboxylic acids is 1. The molecule has 1 aromatic heterocycles. The molecule has 0 aliphatic rings. The van der Waals surface area contributed by atoms with E-state index in [0.717, 1.165) is 12.6 Å². The predicted octanol–water partition coefficient (Wildman–Crippen LogP) is -0.153. The molecule has 0 fully saturated rings. The second-order valence-electron chi connectivity index (χ2n) is 5.23. The molecule has 1 aromatic rings. The van der Waals surface area contributed by atoms with Crippen LogP contribution in [0.4, 0.5) is 0 Å². The Labute approximate surface area is 135 Å². The molecule has 23 heavy (non-hydrogen) atoms. The van der Waals surface area contributed by atoms with Gasteiger partial charge in [-0.3, -0.25) is 9.48 Å². The molecule has 0 saturated carbocycles. The van der Waals surface area contributed by atoms with Crippen molar-refractivity contribution in [3.05, 3.63) is 12.4 Å². The smallest absolute Gasteiger partial charge is 0.326 e. The fraction of sp³-hybridized carbons (Fsp3) is 0.615. The molecular formula is C13H22N4O5S. The minimum atomic E-state index is -3.90. The minimum Gasteiger partial charge on any atom is -0.480 e. The van der Waals surface area contributed by atoms with E-state index >= 15 is 0 Å². The standard InChI is InChI=1S/C13H22N4O5S/c1-4-5-6-11(13(19)20)15-12(18)9(2)16-23(21,22)10-7-14-17(3)8-10/h7-9,11,16H,4-6H2,1-3H3,(H,15,18)(H,19,20)/t9?,11-/m0/s1. The second kappa shape index (κ2) is 8.06. The SMILES string of the molecule is CCCC[C@H](NC(=O)C(C)NS(=O)(=O)c1cnn(C)c1)C(=O)O. The van der Waals surface area contributed by atoms with Crippen molar-refractivity contribution in [2.45, 2.75) is 50.1 Å². The Kier molecular flexibility index (Phi) is 6.70. The lowest BCUT2D eigenvalue weighted by atomic mass is 10.1. The highest BCUT2D eigenvalue weighted by molar-refractivity contribution is 7.89. The maximum atomic E-state index is 12.1. The number of amides is 1. The molecule has 0 saturated heterocycles. The number of rotatable bonds is 9. The number of carbonyl (C=O) groups excluding carboxylic acids is 1. The average molecular weight is 346 g/mol. The number of aromatic nitrogens is 2. The van der Waals surface area contributed by atoms with Crippen molar-refractivity contribution in [3.8, 4) is 0 Å². The molecule has 1 rings (SSSR count). The van der Waals surface area contributed by atoms with Crippen molar-refractivity contribution in [2.24, 2.45) is 7.05 Å². The number of nitrogens with zero attached hydrogens (tertiary/aromatic N) is 2. The fourth-order valence-corrected chi connectivity index (χ4v) is 3.04. The maximum Gasteiger partial charge on any atom is 0.326 e. The second-order valence-corrected chi connectivity index (χ2v) is 6.95. The number of aliphatic carboxylic acids is 1. The molecule has 0 aliphatic heterocycles. The number of unbranched alkanes of at least 4 members (excludes halogenated alkanes) is 1. The van der Waals surface area contributed by atoms with Gasteiger partial charge in [-0.15, -0.1) is 0 Å². The van der Waals surface area contributed by atoms with Gasteiger partial charge >= 0.3 is 5.97 Å². The third-order valence-electron chi connectivity index (χ3n) is 3.18. The van der Waals surface area contributed by atoms with E-state index < -0.39 is 34.0 Å². The summed E-state index contributed by atoms with van der Waals surface area (Å²) in [6, 6.07) is -2.14. The van der Waals surface area contributed by atoms with Crippen LogP contribution in [0, 0.1) is 0 Å². The maximum absolute atomic E-state index is 12.1. The Morgan fingerprint density at radius 1 is 1.43 bits per heavy atom. The summed E-state index contributed by atoms with van der Waals surface area (Å²) in [5.74, 6) is -1.84. The normalized spacial score (nSPS) is 14.2. The predicted molar refractivity (Wildman–Crippen MR) is 82.1 cm³/mol. The van der Waals surface area contributed by atoms with E-state index in [4.69, 9.17) is 5.11 Å². The van der Waals surface area contributed by atoms with Gasteiger partial charge in [0.1, 0.15) is 10.9 Å². The van der Waals surface area contributed by atoms with E-state index in [-0.39, 0.29) is 4.90 Å². The molecule has 2 atom stereocenters. The van der Waals surface area contributed by atoms with Crippen LogP contribution in [0.15, 0.2) is 17.3 Å². The van der Waals surface area contributed by atoms with Crippen LogP contribution >= 0.6 is 0 Å². The first-order valence-corrected chi connectivity index (χ1v) is 8.69. The molecule has 3 N–H and O–H groups in total. The zero-order valence-electron chi connectivity index (χ0n) is 13.3. The van der Waals surface area contributed by atoms with Crippen LogP contribution in [0.2, 0.25) is 0 Å². The van der Waals surface area contributed by atoms with Gasteiger partial charge in [0.25, 0.3) is 0 Å². The lowest BCUT2D eigenvalue weighted by Crippen LogP contribution is -2.50. The topological polar surface area (TPSA) is 130 Å². The minimum absolute atomic E-state index is 0.0691. The number of hydrogen-bond acceptors (Lipinski definition) is 5. The lowest BCUT2D eigenvalue weighted by molar-refractivity contribution is -0.142. The van der Waals surface area contributed by atoms with Crippen molar-refractivity contribution in [1.82, 2.24) is 19.8 Å². The van der Waals surface area contributed by atoms with Crippen LogP contribution < -0.4 is 10.0 Å². The summed E-state index contributed by atoms with van der Waals surface area (Å²) in [5, 5.41) is 15.2. The van der Waals surface area contributed by atoms with Gasteiger partial charge in [0.2, 0.25) is 15.9 Å². The number of sulfonamides is 1. The van der Waals surface area contributed by atoms with Gasteiger partial charge in [-0.05, 0) is 13.3 Å². The van der Waals surface area contributed by atoms with Gasteiger partial charge in [-0.2, -0.15) is 9.82 Å². The van der Waals surface area contributed by atoms with Crippen molar-refractivity contribution in [1.29, 1.82) is 0 Å². The van der Waals surface area contributed by atoms with Gasteiger partial charge in [0.05, 0.1) is 12.2 Å². The molecule has 0 spiro atoms. The quantitative estimate of drug-likeness (QED) is 0.570. The van der Waals surface area contributed by atoms with Crippen LogP contribution in [0.3, 0.4) is 0 Å². The van der Waals surface area contributed by atoms with Crippen LogP contribution in [-0.4, -0.2) is 47.3 Å². The van der Waals surface area contributed by atoms with Gasteiger partial charge in [-0.1, -0.05) is 19.8 Å². The van der Waals surface area contributed by atoms with Gasteiger partial charge in [0, 0.05) is 13.2 Å². The average Bonchev–Trinajstić information content (AvgIpc) is 2.89. The van der Waals surface area contributed by atoms with E-state index in [9.17, 15) is 18.0 Å². The number of hydrogen-bond donors (Lipinski definition) is 3. The zero-order chi connectivity index (χ0) is 17.6. The van der Waals surface area contributed by atoms with Crippen molar-refractivity contribution >= 4 is 21.9 Å². The molecule has 9 nitrogen and oxygen atoms in total. The fourth-order valence-electron chi connectivity index (χ4n) is 1.85. The largest absolute Gasteiger partial charge is 0.480 e. The number of nitrogens with one attached hydrogen (secondary N) is 2. The third kappa shape index (κ3) is 5.64. The van der Waals surface area contributed by atoms with Crippen LogP contribution in [-0.2, 0) is 26.7 Å². The summed E-state index contributed by atoms with van der Waals surface area (Å²) in [4.78, 5) is 23.1. The molecule has 0 bridgehead atoms.